The van der Waals surface area contributed by atoms with Gasteiger partial charge in [-0.3, -0.25) is 0 Å². The van der Waals surface area contributed by atoms with E-state index >= 15 is 0 Å². The third-order valence-corrected chi connectivity index (χ3v) is 7.43. The van der Waals surface area contributed by atoms with Gasteiger partial charge in [-0.15, -0.1) is 0 Å². The van der Waals surface area contributed by atoms with Crippen LogP contribution in [0.5, 0.6) is 0 Å². The highest BCUT2D eigenvalue weighted by Crippen LogP contribution is 2.45. The van der Waals surface area contributed by atoms with Crippen LogP contribution in [0.4, 0.5) is 0 Å². The van der Waals surface area contributed by atoms with Crippen LogP contribution in [0.2, 0.25) is 0 Å². The maximum absolute atomic E-state index is 9.32. The van der Waals surface area contributed by atoms with Gasteiger partial charge in [-0.1, -0.05) is 116 Å². The molecule has 0 amide bonds. The molecule has 1 nitrogen and oxygen atoms in total. The quantitative estimate of drug-likeness (QED) is 0.293. The smallest absolute Gasteiger partial charge is 0.142 e. The van der Waals surface area contributed by atoms with Crippen LogP contribution >= 0.6 is 0 Å². The molecule has 3 aliphatic rings. The lowest BCUT2D eigenvalue weighted by molar-refractivity contribution is 0.597. The third-order valence-electron chi connectivity index (χ3n) is 7.43. The Balaban J connectivity index is 1.58. The van der Waals surface area contributed by atoms with Crippen molar-refractivity contribution in [3.63, 3.8) is 0 Å². The van der Waals surface area contributed by atoms with E-state index in [1.54, 1.807) is 6.08 Å². The van der Waals surface area contributed by atoms with E-state index in [0.29, 0.717) is 16.9 Å². The molecule has 0 fully saturated rings. The first-order valence-electron chi connectivity index (χ1n) is 16.0. The fourth-order valence-corrected chi connectivity index (χ4v) is 5.82. The summed E-state index contributed by atoms with van der Waals surface area (Å²) in [6.07, 6.45) is 7.30. The first kappa shape index (κ1) is 15.7. The number of hydrogen-bond acceptors (Lipinski definition) is 1. The Morgan fingerprint density at radius 3 is 2.57 bits per heavy atom. The summed E-state index contributed by atoms with van der Waals surface area (Å²) in [6.45, 7) is 8.59. The lowest BCUT2D eigenvalue weighted by Gasteiger charge is -2.35. The molecule has 0 saturated carbocycles. The van der Waals surface area contributed by atoms with Crippen LogP contribution in [-0.4, -0.2) is 0 Å². The highest BCUT2D eigenvalue weighted by Gasteiger charge is 2.34. The molecule has 37 heavy (non-hydrogen) atoms. The number of rotatable bonds is 4. The Morgan fingerprint density at radius 2 is 1.70 bits per heavy atom. The van der Waals surface area contributed by atoms with Gasteiger partial charge in [0.25, 0.3) is 0 Å². The highest BCUT2D eigenvalue weighted by molar-refractivity contribution is 6.04. The summed E-state index contributed by atoms with van der Waals surface area (Å²) in [4.78, 5) is 0. The zero-order chi connectivity index (χ0) is 31.0. The number of furan rings is 1. The molecule has 0 bridgehead atoms. The Morgan fingerprint density at radius 1 is 0.946 bits per heavy atom. The molecular weight excluding hydrogens is 448 g/mol. The minimum atomic E-state index is -1.29. The molecule has 0 N–H and O–H groups in total. The number of fused-ring (bicyclic) bond motifs is 4. The summed E-state index contributed by atoms with van der Waals surface area (Å²) in [5.74, 6) is 0.0837. The molecule has 0 spiro atoms. The largest absolute Gasteiger partial charge is 0.455 e. The lowest BCUT2D eigenvalue weighted by atomic mass is 9.68. The Labute approximate surface area is 227 Å². The van der Waals surface area contributed by atoms with E-state index in [2.05, 4.69) is 19.2 Å². The van der Waals surface area contributed by atoms with Gasteiger partial charge in [0, 0.05) is 31.1 Å². The van der Waals surface area contributed by atoms with Crippen LogP contribution < -0.4 is 10.4 Å². The standard InChI is InChI=1S/C36H28O/c1-3-27-28-14-10-11-19-33(28)37-36(27)23(2)34-29-15-6-8-17-31(29)35(32-18-9-7-16-30(32)34)26-21-20-24-12-4-5-13-25(24)22-26/h3-19,22,29,31H,1-2,20-21H2/i4D,5D,12D,13D,20D,21D,22D. The fourth-order valence-electron chi connectivity index (χ4n) is 5.82. The average molecular weight is 484 g/mol. The van der Waals surface area contributed by atoms with E-state index in [4.69, 9.17) is 11.3 Å². The van der Waals surface area contributed by atoms with E-state index in [-0.39, 0.29) is 41.1 Å². The molecule has 1 heterocycles. The normalized spacial score (nSPS) is 26.6. The van der Waals surface area contributed by atoms with E-state index in [9.17, 15) is 2.74 Å². The molecule has 4 unspecified atom stereocenters. The molecule has 3 aromatic carbocycles. The van der Waals surface area contributed by atoms with Crippen molar-refractivity contribution in [3.05, 3.63) is 149 Å². The molecule has 178 valence electrons. The van der Waals surface area contributed by atoms with Crippen molar-refractivity contribution in [3.8, 4) is 0 Å². The predicted octanol–water partition coefficient (Wildman–Crippen LogP) is 7.49. The molecule has 4 atom stereocenters. The van der Waals surface area contributed by atoms with Crippen molar-refractivity contribution in [2.24, 2.45) is 11.8 Å². The molecule has 4 aromatic rings. The van der Waals surface area contributed by atoms with Gasteiger partial charge in [-0.2, -0.15) is 0 Å². The number of benzene rings is 3. The van der Waals surface area contributed by atoms with Crippen molar-refractivity contribution in [2.75, 3.05) is 0 Å². The predicted molar refractivity (Wildman–Crippen MR) is 156 cm³/mol. The monoisotopic (exact) mass is 483 g/mol. The van der Waals surface area contributed by atoms with Gasteiger partial charge in [-0.05, 0) is 57.1 Å². The highest BCUT2D eigenvalue weighted by atomic mass is 16.3. The fraction of sp³-hybridized carbons (Fsp3) is 0.111. The molecule has 1 aromatic heterocycles. The van der Waals surface area contributed by atoms with Gasteiger partial charge in [0.05, 0.1) is 6.85 Å². The van der Waals surface area contributed by atoms with Gasteiger partial charge in [0.15, 0.2) is 0 Å². The molecule has 7 rings (SSSR count). The number of allylic oxidation sites excluding steroid dienone is 6. The third kappa shape index (κ3) is 3.38. The van der Waals surface area contributed by atoms with Crippen LogP contribution in [0.1, 0.15) is 38.4 Å². The molecule has 3 aliphatic carbocycles. The van der Waals surface area contributed by atoms with Crippen LogP contribution in [0, 0.1) is 11.8 Å². The second-order valence-corrected chi connectivity index (χ2v) is 9.38. The SMILES string of the molecule is [2H]C1=C(C2=c3ccccc3=C(C(=C)c3oc4ccccc4c3C=C)C3C=CC=CC23)C([2H])C([2H])c2c([2H])c([2H])c([2H])c([2H])c21. The van der Waals surface area contributed by atoms with E-state index in [1.165, 1.54) is 0 Å². The molecule has 0 radical (unpaired) electrons. The molecule has 1 heteroatoms. The van der Waals surface area contributed by atoms with E-state index in [0.717, 1.165) is 38.1 Å². The van der Waals surface area contributed by atoms with Crippen molar-refractivity contribution in [1.82, 2.24) is 0 Å². The first-order chi connectivity index (χ1) is 21.2. The van der Waals surface area contributed by atoms with Crippen LogP contribution in [-0.2, 0) is 6.40 Å². The van der Waals surface area contributed by atoms with Gasteiger partial charge in [0.2, 0.25) is 0 Å². The maximum atomic E-state index is 9.32. The summed E-state index contributed by atoms with van der Waals surface area (Å²) in [5.41, 5.74) is 4.29. The van der Waals surface area contributed by atoms with Crippen molar-refractivity contribution in [2.45, 2.75) is 12.8 Å². The van der Waals surface area contributed by atoms with E-state index < -0.39 is 24.9 Å². The minimum Gasteiger partial charge on any atom is -0.455 e. The molecular formula is C36H28O. The zero-order valence-electron chi connectivity index (χ0n) is 27.1. The van der Waals surface area contributed by atoms with Crippen LogP contribution in [0.15, 0.2) is 120 Å². The van der Waals surface area contributed by atoms with E-state index in [1.807, 2.05) is 66.8 Å². The second-order valence-electron chi connectivity index (χ2n) is 9.38. The summed E-state index contributed by atoms with van der Waals surface area (Å²) in [5, 5.41) is 2.62. The van der Waals surface area contributed by atoms with Crippen molar-refractivity contribution >= 4 is 39.8 Å². The maximum Gasteiger partial charge on any atom is 0.142 e. The molecule has 0 saturated heterocycles. The minimum absolute atomic E-state index is 0.00319. The number of para-hydroxylation sites is 1. The second kappa shape index (κ2) is 8.64. The Hall–Kier alpha value is -4.36. The first-order valence-corrected chi connectivity index (χ1v) is 12.4. The molecule has 0 aliphatic heterocycles. The Bertz CT molecular complexity index is 2160. The summed E-state index contributed by atoms with van der Waals surface area (Å²) >= 11 is 0. The van der Waals surface area contributed by atoms with Gasteiger partial charge < -0.3 is 4.42 Å². The van der Waals surface area contributed by atoms with Crippen molar-refractivity contribution in [1.29, 1.82) is 0 Å². The Kier molecular flexibility index (Phi) is 3.66. The lowest BCUT2D eigenvalue weighted by Crippen LogP contribution is -2.40. The zero-order valence-corrected chi connectivity index (χ0v) is 20.1. The van der Waals surface area contributed by atoms with Crippen LogP contribution in [0.3, 0.4) is 0 Å². The summed E-state index contributed by atoms with van der Waals surface area (Å²) in [7, 11) is 0. The average Bonchev–Trinajstić information content (AvgIpc) is 3.42. The van der Waals surface area contributed by atoms with Gasteiger partial charge >= 0.3 is 0 Å². The van der Waals surface area contributed by atoms with Gasteiger partial charge in [0.1, 0.15) is 11.3 Å². The summed E-state index contributed by atoms with van der Waals surface area (Å²) < 4.78 is 67.4. The topological polar surface area (TPSA) is 13.1 Å². The number of hydrogen-bond donors (Lipinski definition) is 0. The van der Waals surface area contributed by atoms with Crippen molar-refractivity contribution < 1.29 is 14.0 Å². The van der Waals surface area contributed by atoms with Crippen LogP contribution in [0.25, 0.3) is 39.8 Å². The summed E-state index contributed by atoms with van der Waals surface area (Å²) in [6, 6.07) is 13.8. The van der Waals surface area contributed by atoms with Gasteiger partial charge in [-0.25, -0.2) is 0 Å².